The van der Waals surface area contributed by atoms with Crippen LogP contribution in [0, 0.1) is 19.7 Å². The van der Waals surface area contributed by atoms with E-state index < -0.39 is 5.97 Å². The van der Waals surface area contributed by atoms with Crippen molar-refractivity contribution in [3.8, 4) is 10.4 Å². The number of aromatic amines is 1. The number of hydrogen-bond acceptors (Lipinski definition) is 5. The Morgan fingerprint density at radius 1 is 1.18 bits per heavy atom. The highest BCUT2D eigenvalue weighted by atomic mass is 32.1. The third-order valence-corrected chi connectivity index (χ3v) is 6.55. The highest BCUT2D eigenvalue weighted by Crippen LogP contribution is 2.32. The molecule has 0 saturated carbocycles. The van der Waals surface area contributed by atoms with Crippen LogP contribution in [0.2, 0.25) is 0 Å². The third kappa shape index (κ3) is 4.80. The topological polar surface area (TPSA) is 75.3 Å². The fraction of sp³-hybridized carbons (Fsp3) is 0.240. The Hall–Kier alpha value is -3.52. The van der Waals surface area contributed by atoms with Crippen LogP contribution in [0.25, 0.3) is 21.3 Å². The first-order chi connectivity index (χ1) is 15.9. The number of halogens is 1. The Kier molecular flexibility index (Phi) is 6.55. The van der Waals surface area contributed by atoms with Crippen molar-refractivity contribution in [1.29, 1.82) is 0 Å². The van der Waals surface area contributed by atoms with Gasteiger partial charge < -0.3 is 14.6 Å². The molecule has 33 heavy (non-hydrogen) atoms. The summed E-state index contributed by atoms with van der Waals surface area (Å²) in [4.78, 5) is 35.3. The maximum absolute atomic E-state index is 14.2. The maximum atomic E-state index is 14.2. The van der Waals surface area contributed by atoms with Crippen LogP contribution in [0.4, 0.5) is 4.39 Å². The van der Waals surface area contributed by atoms with E-state index in [1.165, 1.54) is 29.4 Å². The highest BCUT2D eigenvalue weighted by Gasteiger charge is 2.26. The van der Waals surface area contributed by atoms with E-state index in [0.29, 0.717) is 34.0 Å². The SMILES string of the molecule is COC(=O)CN(CCc1c[nH]c2ccccc12)C(=O)c1nc(C)sc1-c1ccc(C)c(F)c1. The van der Waals surface area contributed by atoms with Gasteiger partial charge >= 0.3 is 5.97 Å². The number of fused-ring (bicyclic) bond motifs is 1. The zero-order chi connectivity index (χ0) is 23.5. The molecule has 2 aromatic heterocycles. The summed E-state index contributed by atoms with van der Waals surface area (Å²) in [6.07, 6.45) is 2.46. The highest BCUT2D eigenvalue weighted by molar-refractivity contribution is 7.15. The van der Waals surface area contributed by atoms with Gasteiger partial charge in [0.25, 0.3) is 5.91 Å². The molecule has 1 N–H and O–H groups in total. The molecular weight excluding hydrogens is 441 g/mol. The van der Waals surface area contributed by atoms with Crippen molar-refractivity contribution in [2.75, 3.05) is 20.2 Å². The molecule has 0 spiro atoms. The van der Waals surface area contributed by atoms with Gasteiger partial charge in [0.15, 0.2) is 0 Å². The molecule has 0 fully saturated rings. The first-order valence-corrected chi connectivity index (χ1v) is 11.3. The monoisotopic (exact) mass is 465 g/mol. The molecule has 2 heterocycles. The van der Waals surface area contributed by atoms with Gasteiger partial charge in [0, 0.05) is 23.6 Å². The van der Waals surface area contributed by atoms with Crippen molar-refractivity contribution in [1.82, 2.24) is 14.9 Å². The zero-order valence-electron chi connectivity index (χ0n) is 18.6. The number of methoxy groups -OCH3 is 1. The fourth-order valence-electron chi connectivity index (χ4n) is 3.72. The van der Waals surface area contributed by atoms with Crippen molar-refractivity contribution < 1.29 is 18.7 Å². The summed E-state index contributed by atoms with van der Waals surface area (Å²) in [5.41, 5.74) is 3.38. The summed E-state index contributed by atoms with van der Waals surface area (Å²) < 4.78 is 19.0. The standard InChI is InChI=1S/C25H24FN3O3S/c1-15-8-9-17(12-20(15)26)24-23(28-16(2)33-24)25(31)29(14-22(30)32-3)11-10-18-13-27-21-7-5-4-6-19(18)21/h4-9,12-13,27H,10-11,14H2,1-3H3. The lowest BCUT2D eigenvalue weighted by molar-refractivity contribution is -0.141. The van der Waals surface area contributed by atoms with Gasteiger partial charge in [-0.15, -0.1) is 11.3 Å². The number of aromatic nitrogens is 2. The number of hydrogen-bond donors (Lipinski definition) is 1. The number of thiazole rings is 1. The second kappa shape index (κ2) is 9.54. The van der Waals surface area contributed by atoms with Crippen LogP contribution >= 0.6 is 11.3 Å². The lowest BCUT2D eigenvalue weighted by Gasteiger charge is -2.21. The number of aryl methyl sites for hydroxylation is 2. The number of nitrogens with zero attached hydrogens (tertiary/aromatic N) is 2. The first-order valence-electron chi connectivity index (χ1n) is 10.5. The van der Waals surface area contributed by atoms with E-state index in [9.17, 15) is 14.0 Å². The summed E-state index contributed by atoms with van der Waals surface area (Å²) in [7, 11) is 1.29. The van der Waals surface area contributed by atoms with Crippen molar-refractivity contribution >= 4 is 34.1 Å². The second-order valence-corrected chi connectivity index (χ2v) is 8.99. The van der Waals surface area contributed by atoms with E-state index in [1.807, 2.05) is 30.5 Å². The molecule has 1 amide bonds. The quantitative estimate of drug-likeness (QED) is 0.394. The number of ether oxygens (including phenoxy) is 1. The Morgan fingerprint density at radius 3 is 2.73 bits per heavy atom. The molecule has 0 atom stereocenters. The molecule has 0 aliphatic heterocycles. The van der Waals surface area contributed by atoms with Gasteiger partial charge in [0.2, 0.25) is 0 Å². The van der Waals surface area contributed by atoms with Crippen LogP contribution in [0.3, 0.4) is 0 Å². The minimum absolute atomic E-state index is 0.198. The number of para-hydroxylation sites is 1. The van der Waals surface area contributed by atoms with Gasteiger partial charge in [-0.25, -0.2) is 9.37 Å². The largest absolute Gasteiger partial charge is 0.468 e. The van der Waals surface area contributed by atoms with Crippen LogP contribution in [-0.4, -0.2) is 46.9 Å². The van der Waals surface area contributed by atoms with Crippen LogP contribution in [-0.2, 0) is 16.0 Å². The Morgan fingerprint density at radius 2 is 1.97 bits per heavy atom. The van der Waals surface area contributed by atoms with Gasteiger partial charge in [0.1, 0.15) is 18.1 Å². The number of amides is 1. The third-order valence-electron chi connectivity index (χ3n) is 5.53. The van der Waals surface area contributed by atoms with E-state index in [2.05, 4.69) is 9.97 Å². The predicted molar refractivity (Wildman–Crippen MR) is 127 cm³/mol. The number of benzene rings is 2. The van der Waals surface area contributed by atoms with Gasteiger partial charge in [-0.3, -0.25) is 9.59 Å². The number of nitrogens with one attached hydrogen (secondary N) is 1. The van der Waals surface area contributed by atoms with Crippen LogP contribution in [0.5, 0.6) is 0 Å². The van der Waals surface area contributed by atoms with E-state index in [0.717, 1.165) is 16.5 Å². The van der Waals surface area contributed by atoms with E-state index in [4.69, 9.17) is 4.74 Å². The second-order valence-electron chi connectivity index (χ2n) is 7.79. The van der Waals surface area contributed by atoms with Crippen LogP contribution in [0.15, 0.2) is 48.7 Å². The van der Waals surface area contributed by atoms with Crippen molar-refractivity contribution in [2.45, 2.75) is 20.3 Å². The molecule has 4 aromatic rings. The molecule has 8 heteroatoms. The Labute approximate surface area is 195 Å². The van der Waals surface area contributed by atoms with E-state index in [-0.39, 0.29) is 24.0 Å². The molecule has 6 nitrogen and oxygen atoms in total. The summed E-state index contributed by atoms with van der Waals surface area (Å²) in [5, 5.41) is 1.76. The van der Waals surface area contributed by atoms with Gasteiger partial charge in [-0.1, -0.05) is 30.3 Å². The number of H-pyrrole nitrogens is 1. The number of carbonyl (C=O) groups is 2. The molecule has 2 aromatic carbocycles. The summed E-state index contributed by atoms with van der Waals surface area (Å²) in [5.74, 6) is -1.25. The average Bonchev–Trinajstić information content (AvgIpc) is 3.41. The lowest BCUT2D eigenvalue weighted by atomic mass is 10.1. The average molecular weight is 466 g/mol. The normalized spacial score (nSPS) is 11.0. The number of carbonyl (C=O) groups excluding carboxylic acids is 2. The summed E-state index contributed by atoms with van der Waals surface area (Å²) in [6.45, 7) is 3.59. The first kappa shape index (κ1) is 22.7. The van der Waals surface area contributed by atoms with Crippen molar-refractivity contribution in [3.05, 3.63) is 76.3 Å². The molecule has 170 valence electrons. The van der Waals surface area contributed by atoms with Crippen LogP contribution < -0.4 is 0 Å². The van der Waals surface area contributed by atoms with Gasteiger partial charge in [0.05, 0.1) is 17.0 Å². The number of rotatable bonds is 7. The smallest absolute Gasteiger partial charge is 0.325 e. The molecule has 0 radical (unpaired) electrons. The summed E-state index contributed by atoms with van der Waals surface area (Å²) in [6, 6.07) is 12.8. The predicted octanol–water partition coefficient (Wildman–Crippen LogP) is 4.91. The molecule has 0 bridgehead atoms. The van der Waals surface area contributed by atoms with Gasteiger partial charge in [-0.2, -0.15) is 0 Å². The molecule has 0 saturated heterocycles. The zero-order valence-corrected chi connectivity index (χ0v) is 19.5. The molecule has 0 aliphatic carbocycles. The molecule has 4 rings (SSSR count). The van der Waals surface area contributed by atoms with E-state index >= 15 is 0 Å². The number of esters is 1. The Bertz CT molecular complexity index is 1330. The Balaban J connectivity index is 1.64. The van der Waals surface area contributed by atoms with Crippen LogP contribution in [0.1, 0.15) is 26.6 Å². The van der Waals surface area contributed by atoms with Gasteiger partial charge in [-0.05, 0) is 49.1 Å². The van der Waals surface area contributed by atoms with Crippen molar-refractivity contribution in [3.63, 3.8) is 0 Å². The molecular formula is C25H24FN3O3S. The summed E-state index contributed by atoms with van der Waals surface area (Å²) >= 11 is 1.32. The van der Waals surface area contributed by atoms with Crippen molar-refractivity contribution in [2.24, 2.45) is 0 Å². The minimum atomic E-state index is -0.517. The minimum Gasteiger partial charge on any atom is -0.468 e. The maximum Gasteiger partial charge on any atom is 0.325 e. The van der Waals surface area contributed by atoms with E-state index in [1.54, 1.807) is 26.0 Å². The lowest BCUT2D eigenvalue weighted by Crippen LogP contribution is -2.38. The molecule has 0 unspecified atom stereocenters. The fourth-order valence-corrected chi connectivity index (χ4v) is 4.62. The molecule has 0 aliphatic rings.